The van der Waals surface area contributed by atoms with Gasteiger partial charge >= 0.3 is 5.97 Å². The molecule has 2 N–H and O–H groups in total. The fourth-order valence-corrected chi connectivity index (χ4v) is 3.09. The van der Waals surface area contributed by atoms with Gasteiger partial charge in [0.1, 0.15) is 5.82 Å². The second kappa shape index (κ2) is 7.04. The van der Waals surface area contributed by atoms with Crippen molar-refractivity contribution in [3.8, 4) is 0 Å². The number of aliphatic carboxylic acids is 1. The number of benzene rings is 1. The fourth-order valence-electron chi connectivity index (χ4n) is 2.86. The topological polar surface area (TPSA) is 49.3 Å². The normalized spacial score (nSPS) is 22.7. The predicted molar refractivity (Wildman–Crippen MR) is 76.2 cm³/mol. The number of hydrogen-bond acceptors (Lipinski definition) is 2. The molecule has 1 aliphatic carbocycles. The minimum Gasteiger partial charge on any atom is -0.481 e. The van der Waals surface area contributed by atoms with Crippen LogP contribution in [0.25, 0.3) is 0 Å². The largest absolute Gasteiger partial charge is 0.481 e. The molecule has 0 aliphatic heterocycles. The van der Waals surface area contributed by atoms with E-state index in [0.717, 1.165) is 25.7 Å². The highest BCUT2D eigenvalue weighted by Crippen LogP contribution is 2.30. The van der Waals surface area contributed by atoms with Crippen molar-refractivity contribution in [3.63, 3.8) is 0 Å². The first-order valence-corrected chi connectivity index (χ1v) is 7.34. The van der Waals surface area contributed by atoms with Crippen molar-refractivity contribution < 1.29 is 14.3 Å². The summed E-state index contributed by atoms with van der Waals surface area (Å²) in [5.74, 6) is -1.22. The van der Waals surface area contributed by atoms with Gasteiger partial charge in [0.2, 0.25) is 0 Å². The summed E-state index contributed by atoms with van der Waals surface area (Å²) in [4.78, 5) is 11.2. The Morgan fingerprint density at radius 2 is 2.15 bits per heavy atom. The summed E-state index contributed by atoms with van der Waals surface area (Å²) in [6.45, 7) is 0.913. The van der Waals surface area contributed by atoms with Gasteiger partial charge in [0.05, 0.1) is 5.92 Å². The van der Waals surface area contributed by atoms with E-state index < -0.39 is 5.97 Å². The zero-order valence-corrected chi connectivity index (χ0v) is 12.0. The lowest BCUT2D eigenvalue weighted by atomic mass is 9.79. The zero-order valence-electron chi connectivity index (χ0n) is 11.2. The second-order valence-electron chi connectivity index (χ2n) is 5.32. The highest BCUT2D eigenvalue weighted by Gasteiger charge is 2.30. The van der Waals surface area contributed by atoms with Crippen LogP contribution in [0.4, 0.5) is 4.39 Å². The molecule has 1 aromatic rings. The van der Waals surface area contributed by atoms with Crippen molar-refractivity contribution in [1.82, 2.24) is 5.32 Å². The molecule has 110 valence electrons. The van der Waals surface area contributed by atoms with Gasteiger partial charge in [-0.15, -0.1) is 0 Å². The van der Waals surface area contributed by atoms with Crippen molar-refractivity contribution in [1.29, 1.82) is 0 Å². The molecule has 2 atom stereocenters. The van der Waals surface area contributed by atoms with Gasteiger partial charge in [0.15, 0.2) is 0 Å². The predicted octanol–water partition coefficient (Wildman–Crippen LogP) is 3.46. The molecule has 0 bridgehead atoms. The average molecular weight is 300 g/mol. The molecule has 1 aromatic carbocycles. The van der Waals surface area contributed by atoms with E-state index >= 15 is 0 Å². The Bertz CT molecular complexity index is 461. The van der Waals surface area contributed by atoms with E-state index in [1.54, 1.807) is 12.1 Å². The summed E-state index contributed by atoms with van der Waals surface area (Å²) in [6, 6.07) is 4.61. The number of nitrogens with one attached hydrogen (secondary N) is 1. The standard InChI is InChI=1S/C15H19ClFNO2/c16-13-6-3-7-14(17)12(13)9-18-8-10-4-1-2-5-11(10)15(19)20/h3,6-7,10-11,18H,1-2,4-5,8-9H2,(H,19,20). The molecule has 2 unspecified atom stereocenters. The molecule has 1 fully saturated rings. The highest BCUT2D eigenvalue weighted by molar-refractivity contribution is 6.31. The van der Waals surface area contributed by atoms with Crippen LogP contribution in [0.3, 0.4) is 0 Å². The van der Waals surface area contributed by atoms with E-state index in [0.29, 0.717) is 23.7 Å². The Morgan fingerprint density at radius 3 is 2.85 bits per heavy atom. The molecule has 20 heavy (non-hydrogen) atoms. The molecule has 1 saturated carbocycles. The SMILES string of the molecule is O=C(O)C1CCCCC1CNCc1c(F)cccc1Cl. The number of carboxylic acid groups (broad SMARTS) is 1. The van der Waals surface area contributed by atoms with Crippen LogP contribution < -0.4 is 5.32 Å². The van der Waals surface area contributed by atoms with Gasteiger partial charge in [0.25, 0.3) is 0 Å². The molecule has 3 nitrogen and oxygen atoms in total. The molecule has 0 radical (unpaired) electrons. The van der Waals surface area contributed by atoms with E-state index in [9.17, 15) is 14.3 Å². The molecule has 1 aliphatic rings. The molecule has 0 aromatic heterocycles. The van der Waals surface area contributed by atoms with E-state index in [2.05, 4.69) is 5.32 Å². The van der Waals surface area contributed by atoms with Crippen LogP contribution in [0.2, 0.25) is 5.02 Å². The average Bonchev–Trinajstić information content (AvgIpc) is 2.42. The molecular formula is C15H19ClFNO2. The zero-order chi connectivity index (χ0) is 14.5. The number of halogens is 2. The number of hydrogen-bond donors (Lipinski definition) is 2. The quantitative estimate of drug-likeness (QED) is 0.875. The monoisotopic (exact) mass is 299 g/mol. The smallest absolute Gasteiger partial charge is 0.306 e. The molecule has 0 saturated heterocycles. The maximum atomic E-state index is 13.6. The summed E-state index contributed by atoms with van der Waals surface area (Å²) in [5, 5.41) is 12.8. The Labute approximate surface area is 123 Å². The summed E-state index contributed by atoms with van der Waals surface area (Å²) >= 11 is 5.96. The van der Waals surface area contributed by atoms with Crippen molar-refractivity contribution in [2.24, 2.45) is 11.8 Å². The van der Waals surface area contributed by atoms with Crippen LogP contribution in [0.5, 0.6) is 0 Å². The van der Waals surface area contributed by atoms with Crippen LogP contribution in [0, 0.1) is 17.7 Å². The van der Waals surface area contributed by atoms with E-state index in [-0.39, 0.29) is 17.7 Å². The van der Waals surface area contributed by atoms with Crippen LogP contribution in [-0.4, -0.2) is 17.6 Å². The molecular weight excluding hydrogens is 281 g/mol. The minimum absolute atomic E-state index is 0.117. The van der Waals surface area contributed by atoms with Crippen molar-refractivity contribution in [2.75, 3.05) is 6.54 Å². The van der Waals surface area contributed by atoms with Gasteiger partial charge in [-0.1, -0.05) is 30.5 Å². The summed E-state index contributed by atoms with van der Waals surface area (Å²) in [6.07, 6.45) is 3.69. The minimum atomic E-state index is -0.722. The Hall–Kier alpha value is -1.13. The van der Waals surface area contributed by atoms with Crippen LogP contribution in [0.15, 0.2) is 18.2 Å². The Balaban J connectivity index is 1.90. The van der Waals surface area contributed by atoms with E-state index in [1.165, 1.54) is 6.07 Å². The number of carbonyl (C=O) groups is 1. The first kappa shape index (κ1) is 15.3. The van der Waals surface area contributed by atoms with E-state index in [4.69, 9.17) is 11.6 Å². The van der Waals surface area contributed by atoms with Gasteiger partial charge in [0, 0.05) is 17.1 Å². The number of carboxylic acids is 1. The molecule has 0 heterocycles. The highest BCUT2D eigenvalue weighted by atomic mass is 35.5. The van der Waals surface area contributed by atoms with Gasteiger partial charge in [-0.3, -0.25) is 4.79 Å². The lowest BCUT2D eigenvalue weighted by Crippen LogP contribution is -2.34. The molecule has 2 rings (SSSR count). The Kier molecular flexibility index (Phi) is 5.38. The van der Waals surface area contributed by atoms with Gasteiger partial charge in [-0.25, -0.2) is 4.39 Å². The third-order valence-electron chi connectivity index (χ3n) is 4.00. The lowest BCUT2D eigenvalue weighted by molar-refractivity contribution is -0.144. The summed E-state index contributed by atoms with van der Waals surface area (Å²) < 4.78 is 13.6. The fraction of sp³-hybridized carbons (Fsp3) is 0.533. The van der Waals surface area contributed by atoms with Gasteiger partial charge in [-0.2, -0.15) is 0 Å². The van der Waals surface area contributed by atoms with Crippen LogP contribution in [0.1, 0.15) is 31.2 Å². The van der Waals surface area contributed by atoms with Crippen LogP contribution >= 0.6 is 11.6 Å². The second-order valence-corrected chi connectivity index (χ2v) is 5.73. The maximum absolute atomic E-state index is 13.6. The van der Waals surface area contributed by atoms with E-state index in [1.807, 2.05) is 0 Å². The molecule has 5 heteroatoms. The maximum Gasteiger partial charge on any atom is 0.306 e. The number of rotatable bonds is 5. The first-order chi connectivity index (χ1) is 9.59. The molecule has 0 spiro atoms. The van der Waals surface area contributed by atoms with Crippen LogP contribution in [-0.2, 0) is 11.3 Å². The summed E-state index contributed by atoms with van der Waals surface area (Å²) in [7, 11) is 0. The lowest BCUT2D eigenvalue weighted by Gasteiger charge is -2.28. The van der Waals surface area contributed by atoms with Crippen molar-refractivity contribution in [3.05, 3.63) is 34.6 Å². The third-order valence-corrected chi connectivity index (χ3v) is 4.35. The Morgan fingerprint density at radius 1 is 1.40 bits per heavy atom. The summed E-state index contributed by atoms with van der Waals surface area (Å²) in [5.41, 5.74) is 0.442. The van der Waals surface area contributed by atoms with Gasteiger partial charge in [-0.05, 0) is 37.4 Å². The first-order valence-electron chi connectivity index (χ1n) is 6.96. The molecule has 0 amide bonds. The third kappa shape index (κ3) is 3.70. The van der Waals surface area contributed by atoms with Crippen molar-refractivity contribution >= 4 is 17.6 Å². The van der Waals surface area contributed by atoms with Crippen molar-refractivity contribution in [2.45, 2.75) is 32.2 Å². The van der Waals surface area contributed by atoms with Gasteiger partial charge < -0.3 is 10.4 Å².